The summed E-state index contributed by atoms with van der Waals surface area (Å²) in [5.74, 6) is 1.32. The van der Waals surface area contributed by atoms with Crippen molar-refractivity contribution in [3.8, 4) is 5.88 Å². The molecule has 2 heterocycles. The molecule has 0 radical (unpaired) electrons. The molecule has 6 nitrogen and oxygen atoms in total. The average Bonchev–Trinajstić information content (AvgIpc) is 3.71. The highest BCUT2D eigenvalue weighted by molar-refractivity contribution is 6.03. The van der Waals surface area contributed by atoms with Crippen LogP contribution >= 0.6 is 0 Å². The van der Waals surface area contributed by atoms with Crippen molar-refractivity contribution >= 4 is 22.9 Å². The molecule has 0 aliphatic carbocycles. The highest BCUT2D eigenvalue weighted by Crippen LogP contribution is 2.38. The number of methoxy groups -OCH3 is 1. The quantitative estimate of drug-likeness (QED) is 0.112. The highest BCUT2D eigenvalue weighted by atomic mass is 16.5. The van der Waals surface area contributed by atoms with Crippen LogP contribution in [0.2, 0.25) is 0 Å². The molecule has 55 heavy (non-hydrogen) atoms. The SMILES string of the molecule is COc1cccc(N2N=C(c3ccc(N(Cc4ccccc4)Cc4ccccc4)cc3)CC2c2ccc(N(Cc3ccccc3)Cc3ccccc3)cc2)n1. The molecule has 7 aromatic rings. The van der Waals surface area contributed by atoms with Crippen molar-refractivity contribution in [1.82, 2.24) is 4.98 Å². The monoisotopic (exact) mass is 719 g/mol. The number of ether oxygens (including phenoxy) is 1. The van der Waals surface area contributed by atoms with Crippen LogP contribution in [0, 0.1) is 0 Å². The Morgan fingerprint density at radius 2 is 0.945 bits per heavy atom. The molecular weight excluding hydrogens is 675 g/mol. The van der Waals surface area contributed by atoms with E-state index in [1.807, 2.05) is 18.2 Å². The van der Waals surface area contributed by atoms with Crippen LogP contribution in [0.5, 0.6) is 5.88 Å². The average molecular weight is 720 g/mol. The first-order valence-corrected chi connectivity index (χ1v) is 18.9. The van der Waals surface area contributed by atoms with E-state index >= 15 is 0 Å². The molecule has 1 aromatic heterocycles. The van der Waals surface area contributed by atoms with Gasteiger partial charge in [-0.05, 0) is 63.7 Å². The standard InChI is InChI=1S/C49H45N5O/c1-55-49-24-14-23-48(50-49)54-47(43-27-31-45(32-28-43)53(36-40-19-10-4-11-20-40)37-41-21-12-5-13-22-41)33-46(51-54)42-25-29-44(30-26-42)52(34-38-15-6-2-7-16-38)35-39-17-8-3-9-18-39/h2-32,47H,33-37H2,1H3. The second-order valence-electron chi connectivity index (χ2n) is 13.9. The van der Waals surface area contributed by atoms with Gasteiger partial charge in [-0.15, -0.1) is 0 Å². The zero-order chi connectivity index (χ0) is 37.2. The van der Waals surface area contributed by atoms with Crippen LogP contribution in [0.25, 0.3) is 0 Å². The lowest BCUT2D eigenvalue weighted by Crippen LogP contribution is -2.23. The zero-order valence-electron chi connectivity index (χ0n) is 31.2. The second kappa shape index (κ2) is 17.0. The van der Waals surface area contributed by atoms with Crippen molar-refractivity contribution in [2.45, 2.75) is 38.6 Å². The Morgan fingerprint density at radius 1 is 0.509 bits per heavy atom. The lowest BCUT2D eigenvalue weighted by Gasteiger charge is -2.27. The highest BCUT2D eigenvalue weighted by Gasteiger charge is 2.31. The minimum absolute atomic E-state index is 0.0345. The van der Waals surface area contributed by atoms with E-state index < -0.39 is 0 Å². The number of hydrogen-bond donors (Lipinski definition) is 0. The number of hydrazone groups is 1. The summed E-state index contributed by atoms with van der Waals surface area (Å²) in [5.41, 5.74) is 10.8. The van der Waals surface area contributed by atoms with Crippen LogP contribution in [0.3, 0.4) is 0 Å². The van der Waals surface area contributed by atoms with Crippen molar-refractivity contribution in [2.24, 2.45) is 5.10 Å². The number of rotatable bonds is 14. The fraction of sp³-hybridized carbons (Fsp3) is 0.143. The van der Waals surface area contributed by atoms with E-state index in [-0.39, 0.29) is 6.04 Å². The van der Waals surface area contributed by atoms with Crippen molar-refractivity contribution in [2.75, 3.05) is 21.9 Å². The van der Waals surface area contributed by atoms with E-state index in [4.69, 9.17) is 14.8 Å². The Hall–Kier alpha value is -6.66. The normalized spacial score (nSPS) is 13.7. The zero-order valence-corrected chi connectivity index (χ0v) is 31.2. The molecule has 0 spiro atoms. The minimum Gasteiger partial charge on any atom is -0.481 e. The summed E-state index contributed by atoms with van der Waals surface area (Å²) in [7, 11) is 1.65. The maximum absolute atomic E-state index is 5.53. The number of anilines is 3. The molecule has 1 atom stereocenters. The van der Waals surface area contributed by atoms with Gasteiger partial charge in [-0.25, -0.2) is 5.01 Å². The van der Waals surface area contributed by atoms with E-state index in [1.165, 1.54) is 39.2 Å². The first-order valence-electron chi connectivity index (χ1n) is 18.9. The molecule has 0 amide bonds. The lowest BCUT2D eigenvalue weighted by molar-refractivity contribution is 0.397. The molecule has 6 aromatic carbocycles. The number of hydrogen-bond acceptors (Lipinski definition) is 6. The van der Waals surface area contributed by atoms with Gasteiger partial charge in [0.2, 0.25) is 5.88 Å². The van der Waals surface area contributed by atoms with Gasteiger partial charge in [-0.3, -0.25) is 0 Å². The van der Waals surface area contributed by atoms with E-state index in [2.05, 4.69) is 185 Å². The molecule has 1 aliphatic rings. The summed E-state index contributed by atoms with van der Waals surface area (Å²) >= 11 is 0. The predicted octanol–water partition coefficient (Wildman–Crippen LogP) is 10.9. The van der Waals surface area contributed by atoms with E-state index in [0.717, 1.165) is 49.7 Å². The number of aromatic nitrogens is 1. The fourth-order valence-electron chi connectivity index (χ4n) is 7.27. The van der Waals surface area contributed by atoms with Crippen molar-refractivity contribution in [3.63, 3.8) is 0 Å². The van der Waals surface area contributed by atoms with Gasteiger partial charge >= 0.3 is 0 Å². The summed E-state index contributed by atoms with van der Waals surface area (Å²) in [5, 5.41) is 7.31. The summed E-state index contributed by atoms with van der Waals surface area (Å²) in [6.07, 6.45) is 0.743. The molecule has 1 unspecified atom stereocenters. The number of pyridine rings is 1. The summed E-state index contributed by atoms with van der Waals surface area (Å²) < 4.78 is 5.53. The Balaban J connectivity index is 1.07. The maximum Gasteiger partial charge on any atom is 0.214 e. The second-order valence-corrected chi connectivity index (χ2v) is 13.9. The van der Waals surface area contributed by atoms with E-state index in [0.29, 0.717) is 5.88 Å². The maximum atomic E-state index is 5.53. The van der Waals surface area contributed by atoms with Crippen molar-refractivity contribution < 1.29 is 4.74 Å². The third kappa shape index (κ3) is 8.77. The third-order valence-corrected chi connectivity index (χ3v) is 10.1. The number of benzene rings is 6. The Kier molecular flexibility index (Phi) is 10.9. The summed E-state index contributed by atoms with van der Waals surface area (Å²) in [6.45, 7) is 3.26. The van der Waals surface area contributed by atoms with Crippen molar-refractivity contribution in [3.05, 3.63) is 221 Å². The van der Waals surface area contributed by atoms with E-state index in [1.54, 1.807) is 7.11 Å². The van der Waals surface area contributed by atoms with Gasteiger partial charge in [-0.1, -0.05) is 152 Å². The minimum atomic E-state index is -0.0345. The molecule has 0 N–H and O–H groups in total. The summed E-state index contributed by atoms with van der Waals surface area (Å²) in [6, 6.07) is 66.4. The van der Waals surface area contributed by atoms with Crippen LogP contribution in [0.1, 0.15) is 45.8 Å². The Morgan fingerprint density at radius 3 is 1.38 bits per heavy atom. The van der Waals surface area contributed by atoms with Gasteiger partial charge in [0.05, 0.1) is 18.9 Å². The lowest BCUT2D eigenvalue weighted by atomic mass is 9.97. The van der Waals surface area contributed by atoms with Crippen LogP contribution in [-0.2, 0) is 26.2 Å². The molecule has 272 valence electrons. The molecule has 0 bridgehead atoms. The van der Waals surface area contributed by atoms with Gasteiger partial charge in [0.1, 0.15) is 0 Å². The van der Waals surface area contributed by atoms with Crippen LogP contribution in [-0.4, -0.2) is 17.8 Å². The third-order valence-electron chi connectivity index (χ3n) is 10.1. The first-order chi connectivity index (χ1) is 27.2. The molecular formula is C49H45N5O. The Bertz CT molecular complexity index is 2200. The Labute approximate surface area is 324 Å². The van der Waals surface area contributed by atoms with Crippen LogP contribution in [0.15, 0.2) is 193 Å². The molecule has 6 heteroatoms. The van der Waals surface area contributed by atoms with Crippen LogP contribution in [0.4, 0.5) is 17.2 Å². The molecule has 0 saturated carbocycles. The van der Waals surface area contributed by atoms with E-state index in [9.17, 15) is 0 Å². The van der Waals surface area contributed by atoms with Crippen molar-refractivity contribution in [1.29, 1.82) is 0 Å². The number of nitrogens with zero attached hydrogens (tertiary/aromatic N) is 5. The van der Waals surface area contributed by atoms with Crippen LogP contribution < -0.4 is 19.5 Å². The smallest absolute Gasteiger partial charge is 0.214 e. The summed E-state index contributed by atoms with van der Waals surface area (Å²) in [4.78, 5) is 9.68. The molecule has 0 fully saturated rings. The molecule has 1 aliphatic heterocycles. The van der Waals surface area contributed by atoms with Gasteiger partial charge in [0.15, 0.2) is 5.82 Å². The molecule has 8 rings (SSSR count). The topological polar surface area (TPSA) is 44.2 Å². The molecule has 0 saturated heterocycles. The fourth-order valence-corrected chi connectivity index (χ4v) is 7.27. The first kappa shape index (κ1) is 35.4. The largest absolute Gasteiger partial charge is 0.481 e. The van der Waals surface area contributed by atoms with Gasteiger partial charge in [0, 0.05) is 50.0 Å². The van der Waals surface area contributed by atoms with Gasteiger partial charge in [-0.2, -0.15) is 10.1 Å². The predicted molar refractivity (Wildman–Crippen MR) is 226 cm³/mol. The van der Waals surface area contributed by atoms with Gasteiger partial charge < -0.3 is 14.5 Å². The van der Waals surface area contributed by atoms with Gasteiger partial charge in [0.25, 0.3) is 0 Å².